The van der Waals surface area contributed by atoms with Gasteiger partial charge in [-0.3, -0.25) is 4.79 Å². The number of benzene rings is 1. The van der Waals surface area contributed by atoms with Gasteiger partial charge in [0.15, 0.2) is 0 Å². The van der Waals surface area contributed by atoms with Crippen LogP contribution in [0.15, 0.2) is 29.4 Å². The molecule has 0 saturated heterocycles. The number of nitrogens with two attached hydrogens (primary N) is 1. The maximum atomic E-state index is 11.4. The van der Waals surface area contributed by atoms with Crippen LogP contribution in [0.5, 0.6) is 5.75 Å². The summed E-state index contributed by atoms with van der Waals surface area (Å²) in [6.07, 6.45) is -0.133. The van der Waals surface area contributed by atoms with Crippen LogP contribution in [-0.4, -0.2) is 24.1 Å². The van der Waals surface area contributed by atoms with Crippen LogP contribution in [0.4, 0.5) is 0 Å². The van der Waals surface area contributed by atoms with Gasteiger partial charge < -0.3 is 21.0 Å². The minimum Gasteiger partial charge on any atom is -0.496 e. The van der Waals surface area contributed by atoms with Gasteiger partial charge in [0.1, 0.15) is 11.6 Å². The van der Waals surface area contributed by atoms with E-state index in [2.05, 4.69) is 10.5 Å². The Balaban J connectivity index is 2.53. The summed E-state index contributed by atoms with van der Waals surface area (Å²) >= 11 is 0. The third kappa shape index (κ3) is 4.02. The molecular weight excluding hydrogens is 222 g/mol. The number of hydrogen-bond acceptors (Lipinski definition) is 4. The SMILES string of the molecule is COc1ccccc1CNC(=O)C/C(N)=N/O. The van der Waals surface area contributed by atoms with Crippen molar-refractivity contribution in [3.05, 3.63) is 29.8 Å². The average molecular weight is 237 g/mol. The monoisotopic (exact) mass is 237 g/mol. The van der Waals surface area contributed by atoms with Crippen molar-refractivity contribution in [2.24, 2.45) is 10.9 Å². The molecular formula is C11H15N3O3. The van der Waals surface area contributed by atoms with Gasteiger partial charge in [0.05, 0.1) is 13.5 Å². The summed E-state index contributed by atoms with van der Waals surface area (Å²) in [5.41, 5.74) is 6.08. The quantitative estimate of drug-likeness (QED) is 0.300. The van der Waals surface area contributed by atoms with E-state index in [1.165, 1.54) is 0 Å². The molecule has 17 heavy (non-hydrogen) atoms. The zero-order valence-electron chi connectivity index (χ0n) is 9.51. The van der Waals surface area contributed by atoms with Crippen LogP contribution >= 0.6 is 0 Å². The molecule has 1 amide bonds. The normalized spacial score (nSPS) is 11.0. The van der Waals surface area contributed by atoms with E-state index in [9.17, 15) is 4.79 Å². The van der Waals surface area contributed by atoms with E-state index in [1.54, 1.807) is 7.11 Å². The van der Waals surface area contributed by atoms with Gasteiger partial charge in [0, 0.05) is 12.1 Å². The summed E-state index contributed by atoms with van der Waals surface area (Å²) in [4.78, 5) is 11.4. The minimum atomic E-state index is -0.314. The first-order valence-corrected chi connectivity index (χ1v) is 5.02. The van der Waals surface area contributed by atoms with Gasteiger partial charge in [0.25, 0.3) is 0 Å². The van der Waals surface area contributed by atoms with Gasteiger partial charge in [-0.15, -0.1) is 0 Å². The van der Waals surface area contributed by atoms with Crippen molar-refractivity contribution in [2.75, 3.05) is 7.11 Å². The zero-order valence-corrected chi connectivity index (χ0v) is 9.51. The van der Waals surface area contributed by atoms with E-state index in [-0.39, 0.29) is 18.2 Å². The fraction of sp³-hybridized carbons (Fsp3) is 0.273. The Bertz CT molecular complexity index is 418. The smallest absolute Gasteiger partial charge is 0.227 e. The lowest BCUT2D eigenvalue weighted by molar-refractivity contribution is -0.120. The van der Waals surface area contributed by atoms with Gasteiger partial charge >= 0.3 is 0 Å². The first-order chi connectivity index (χ1) is 8.17. The summed E-state index contributed by atoms with van der Waals surface area (Å²) in [7, 11) is 1.57. The number of hydrogen-bond donors (Lipinski definition) is 3. The maximum absolute atomic E-state index is 11.4. The van der Waals surface area contributed by atoms with Crippen molar-refractivity contribution in [1.82, 2.24) is 5.32 Å². The van der Waals surface area contributed by atoms with Crippen LogP contribution in [0.1, 0.15) is 12.0 Å². The van der Waals surface area contributed by atoms with Crippen molar-refractivity contribution in [2.45, 2.75) is 13.0 Å². The van der Waals surface area contributed by atoms with Crippen LogP contribution in [0.25, 0.3) is 0 Å². The maximum Gasteiger partial charge on any atom is 0.227 e. The summed E-state index contributed by atoms with van der Waals surface area (Å²) in [5.74, 6) is 0.269. The number of rotatable bonds is 5. The van der Waals surface area contributed by atoms with Crippen molar-refractivity contribution in [1.29, 1.82) is 0 Å². The molecule has 0 aliphatic carbocycles. The molecule has 6 heteroatoms. The number of ether oxygens (including phenoxy) is 1. The molecule has 1 aromatic carbocycles. The van der Waals surface area contributed by atoms with Gasteiger partial charge in [0.2, 0.25) is 5.91 Å². The number of nitrogens with zero attached hydrogens (tertiary/aromatic N) is 1. The average Bonchev–Trinajstić information content (AvgIpc) is 2.36. The summed E-state index contributed by atoms with van der Waals surface area (Å²) in [6, 6.07) is 7.36. The van der Waals surface area contributed by atoms with Crippen LogP contribution in [0.2, 0.25) is 0 Å². The van der Waals surface area contributed by atoms with Crippen LogP contribution in [0, 0.1) is 0 Å². The third-order valence-electron chi connectivity index (χ3n) is 2.14. The number of amides is 1. The Labute approximate surface area is 99.1 Å². The number of oxime groups is 1. The van der Waals surface area contributed by atoms with E-state index in [0.717, 1.165) is 5.56 Å². The number of methoxy groups -OCH3 is 1. The highest BCUT2D eigenvalue weighted by Gasteiger charge is 2.06. The fourth-order valence-corrected chi connectivity index (χ4v) is 1.31. The first kappa shape index (κ1) is 12.8. The molecule has 4 N–H and O–H groups in total. The molecule has 0 aliphatic rings. The second kappa shape index (κ2) is 6.37. The highest BCUT2D eigenvalue weighted by Crippen LogP contribution is 2.16. The molecule has 0 heterocycles. The van der Waals surface area contributed by atoms with E-state index in [0.29, 0.717) is 12.3 Å². The lowest BCUT2D eigenvalue weighted by Crippen LogP contribution is -2.28. The third-order valence-corrected chi connectivity index (χ3v) is 2.14. The Morgan fingerprint density at radius 3 is 2.88 bits per heavy atom. The molecule has 0 bridgehead atoms. The van der Waals surface area contributed by atoms with Gasteiger partial charge in [-0.2, -0.15) is 0 Å². The molecule has 1 aromatic rings. The minimum absolute atomic E-state index is 0.123. The van der Waals surface area contributed by atoms with E-state index < -0.39 is 0 Å². The van der Waals surface area contributed by atoms with E-state index in [4.69, 9.17) is 15.7 Å². The Hall–Kier alpha value is -2.24. The first-order valence-electron chi connectivity index (χ1n) is 5.02. The second-order valence-electron chi connectivity index (χ2n) is 3.36. The van der Waals surface area contributed by atoms with E-state index >= 15 is 0 Å². The lowest BCUT2D eigenvalue weighted by Gasteiger charge is -2.09. The van der Waals surface area contributed by atoms with Crippen LogP contribution in [-0.2, 0) is 11.3 Å². The summed E-state index contributed by atoms with van der Waals surface area (Å²) < 4.78 is 5.14. The highest BCUT2D eigenvalue weighted by molar-refractivity contribution is 5.98. The van der Waals surface area contributed by atoms with Crippen molar-refractivity contribution in [3.63, 3.8) is 0 Å². The number of para-hydroxylation sites is 1. The van der Waals surface area contributed by atoms with Gasteiger partial charge in [-0.05, 0) is 6.07 Å². The van der Waals surface area contributed by atoms with Gasteiger partial charge in [-0.1, -0.05) is 23.4 Å². The lowest BCUT2D eigenvalue weighted by atomic mass is 10.2. The molecule has 0 aromatic heterocycles. The highest BCUT2D eigenvalue weighted by atomic mass is 16.5. The molecule has 1 rings (SSSR count). The summed E-state index contributed by atoms with van der Waals surface area (Å²) in [6.45, 7) is 0.335. The molecule has 0 aliphatic heterocycles. The van der Waals surface area contributed by atoms with Crippen molar-refractivity contribution >= 4 is 11.7 Å². The predicted molar refractivity (Wildman–Crippen MR) is 62.9 cm³/mol. The topological polar surface area (TPSA) is 96.9 Å². The Morgan fingerprint density at radius 1 is 1.53 bits per heavy atom. The molecule has 0 radical (unpaired) electrons. The van der Waals surface area contributed by atoms with E-state index in [1.807, 2.05) is 24.3 Å². The molecule has 6 nitrogen and oxygen atoms in total. The summed E-state index contributed by atoms with van der Waals surface area (Å²) in [5, 5.41) is 13.7. The molecule has 0 fully saturated rings. The Morgan fingerprint density at radius 2 is 2.24 bits per heavy atom. The fourth-order valence-electron chi connectivity index (χ4n) is 1.31. The van der Waals surface area contributed by atoms with Gasteiger partial charge in [-0.25, -0.2) is 0 Å². The number of carbonyl (C=O) groups is 1. The molecule has 0 spiro atoms. The number of amidine groups is 1. The molecule has 0 unspecified atom stereocenters. The number of carbonyl (C=O) groups excluding carboxylic acids is 1. The van der Waals surface area contributed by atoms with Crippen LogP contribution < -0.4 is 15.8 Å². The molecule has 0 atom stereocenters. The zero-order chi connectivity index (χ0) is 12.7. The predicted octanol–water partition coefficient (Wildman–Crippen LogP) is 0.448. The number of nitrogens with one attached hydrogen (secondary N) is 1. The largest absolute Gasteiger partial charge is 0.496 e. The van der Waals surface area contributed by atoms with Crippen molar-refractivity contribution < 1.29 is 14.7 Å². The van der Waals surface area contributed by atoms with Crippen molar-refractivity contribution in [3.8, 4) is 5.75 Å². The standard InChI is InChI=1S/C11H15N3O3/c1-17-9-5-3-2-4-8(9)7-13-11(15)6-10(12)14-16/h2-5,16H,6-7H2,1H3,(H2,12,14)(H,13,15). The molecule has 0 saturated carbocycles. The molecule has 92 valence electrons. The second-order valence-corrected chi connectivity index (χ2v) is 3.36. The van der Waals surface area contributed by atoms with Crippen LogP contribution in [0.3, 0.4) is 0 Å². The Kier molecular flexibility index (Phi) is 4.80.